The van der Waals surface area contributed by atoms with Crippen LogP contribution in [0.4, 0.5) is 0 Å². The fraction of sp³-hybridized carbons (Fsp3) is 0.176. The van der Waals surface area contributed by atoms with E-state index in [2.05, 4.69) is 20.5 Å². The number of pyridine rings is 1. The summed E-state index contributed by atoms with van der Waals surface area (Å²) in [7, 11) is 0. The van der Waals surface area contributed by atoms with E-state index in [0.717, 1.165) is 11.4 Å². The molecule has 0 atom stereocenters. The summed E-state index contributed by atoms with van der Waals surface area (Å²) in [6.45, 7) is 0.553. The van der Waals surface area contributed by atoms with Gasteiger partial charge in [0.15, 0.2) is 5.16 Å². The van der Waals surface area contributed by atoms with E-state index < -0.39 is 0 Å². The second-order valence-electron chi connectivity index (χ2n) is 5.17. The second kappa shape index (κ2) is 8.64. The van der Waals surface area contributed by atoms with Crippen molar-refractivity contribution < 1.29 is 4.79 Å². The summed E-state index contributed by atoms with van der Waals surface area (Å²) in [6.07, 6.45) is 4.05. The first-order chi connectivity index (χ1) is 12.2. The molecule has 0 aliphatic rings. The van der Waals surface area contributed by atoms with Gasteiger partial charge in [0, 0.05) is 29.9 Å². The lowest BCUT2D eigenvalue weighted by atomic mass is 10.3. The van der Waals surface area contributed by atoms with Gasteiger partial charge in [0.05, 0.1) is 11.4 Å². The van der Waals surface area contributed by atoms with Gasteiger partial charge in [-0.2, -0.15) is 0 Å². The summed E-state index contributed by atoms with van der Waals surface area (Å²) in [5.41, 5.74) is 1.81. The van der Waals surface area contributed by atoms with Gasteiger partial charge in [-0.25, -0.2) is 0 Å². The summed E-state index contributed by atoms with van der Waals surface area (Å²) < 4.78 is 1.80. The standard InChI is InChI=1S/C17H16ClN5OS/c18-13-4-3-6-15(10-13)23-12-21-22-17(23)25-11-16(24)20-9-7-14-5-1-2-8-19-14/h1-6,8,10,12H,7,9,11H2,(H,20,24). The molecule has 128 valence electrons. The number of aromatic nitrogens is 4. The van der Waals surface area contributed by atoms with Gasteiger partial charge in [0.2, 0.25) is 5.91 Å². The zero-order chi connectivity index (χ0) is 17.5. The van der Waals surface area contributed by atoms with E-state index in [1.807, 2.05) is 36.4 Å². The smallest absolute Gasteiger partial charge is 0.230 e. The maximum Gasteiger partial charge on any atom is 0.230 e. The highest BCUT2D eigenvalue weighted by Crippen LogP contribution is 2.21. The number of thioether (sulfide) groups is 1. The molecule has 0 aliphatic carbocycles. The number of nitrogens with zero attached hydrogens (tertiary/aromatic N) is 4. The van der Waals surface area contributed by atoms with Gasteiger partial charge in [-0.05, 0) is 30.3 Å². The number of rotatable bonds is 7. The van der Waals surface area contributed by atoms with Crippen molar-refractivity contribution in [2.45, 2.75) is 11.6 Å². The van der Waals surface area contributed by atoms with Crippen LogP contribution in [0.5, 0.6) is 0 Å². The van der Waals surface area contributed by atoms with Crippen molar-refractivity contribution in [2.24, 2.45) is 0 Å². The molecular weight excluding hydrogens is 358 g/mol. The van der Waals surface area contributed by atoms with Crippen LogP contribution >= 0.6 is 23.4 Å². The van der Waals surface area contributed by atoms with E-state index in [4.69, 9.17) is 11.6 Å². The quantitative estimate of drug-likeness (QED) is 0.645. The highest BCUT2D eigenvalue weighted by Gasteiger charge is 2.10. The van der Waals surface area contributed by atoms with Crippen LogP contribution in [-0.4, -0.2) is 38.0 Å². The van der Waals surface area contributed by atoms with E-state index in [-0.39, 0.29) is 11.7 Å². The summed E-state index contributed by atoms with van der Waals surface area (Å²) in [5, 5.41) is 12.1. The maximum atomic E-state index is 12.0. The van der Waals surface area contributed by atoms with Gasteiger partial charge in [-0.3, -0.25) is 14.3 Å². The lowest BCUT2D eigenvalue weighted by Gasteiger charge is -2.07. The van der Waals surface area contributed by atoms with Crippen molar-refractivity contribution in [1.29, 1.82) is 0 Å². The number of benzene rings is 1. The first kappa shape index (κ1) is 17.4. The molecule has 2 aromatic heterocycles. The minimum Gasteiger partial charge on any atom is -0.355 e. The van der Waals surface area contributed by atoms with Gasteiger partial charge < -0.3 is 5.32 Å². The summed E-state index contributed by atoms with van der Waals surface area (Å²) in [5.74, 6) is 0.211. The molecule has 0 spiro atoms. The Morgan fingerprint density at radius 1 is 1.24 bits per heavy atom. The molecule has 6 nitrogen and oxygen atoms in total. The summed E-state index contributed by atoms with van der Waals surface area (Å²) >= 11 is 7.35. The Balaban J connectivity index is 1.50. The van der Waals surface area contributed by atoms with Crippen molar-refractivity contribution in [1.82, 2.24) is 25.1 Å². The minimum atomic E-state index is -0.0541. The van der Waals surface area contributed by atoms with Gasteiger partial charge in [-0.15, -0.1) is 10.2 Å². The summed E-state index contributed by atoms with van der Waals surface area (Å²) in [6, 6.07) is 13.1. The van der Waals surface area contributed by atoms with E-state index in [9.17, 15) is 4.79 Å². The first-order valence-electron chi connectivity index (χ1n) is 7.68. The van der Waals surface area contributed by atoms with Gasteiger partial charge in [0.1, 0.15) is 6.33 Å². The molecule has 8 heteroatoms. The third kappa shape index (κ3) is 5.04. The molecule has 3 aromatic rings. The van der Waals surface area contributed by atoms with Crippen LogP contribution in [0, 0.1) is 0 Å². The highest BCUT2D eigenvalue weighted by atomic mass is 35.5. The number of hydrogen-bond acceptors (Lipinski definition) is 5. The molecular formula is C17H16ClN5OS. The first-order valence-corrected chi connectivity index (χ1v) is 9.04. The molecule has 1 N–H and O–H groups in total. The highest BCUT2D eigenvalue weighted by molar-refractivity contribution is 7.99. The van der Waals surface area contributed by atoms with Crippen molar-refractivity contribution in [2.75, 3.05) is 12.3 Å². The van der Waals surface area contributed by atoms with Crippen LogP contribution in [-0.2, 0) is 11.2 Å². The zero-order valence-electron chi connectivity index (χ0n) is 13.3. The minimum absolute atomic E-state index is 0.0541. The number of nitrogens with one attached hydrogen (secondary N) is 1. The molecule has 0 unspecified atom stereocenters. The Bertz CT molecular complexity index is 840. The average molecular weight is 374 g/mol. The molecule has 0 radical (unpaired) electrons. The molecule has 2 heterocycles. The summed E-state index contributed by atoms with van der Waals surface area (Å²) in [4.78, 5) is 16.2. The average Bonchev–Trinajstić information content (AvgIpc) is 3.09. The number of hydrogen-bond donors (Lipinski definition) is 1. The van der Waals surface area contributed by atoms with Crippen molar-refractivity contribution in [3.05, 3.63) is 65.7 Å². The van der Waals surface area contributed by atoms with Crippen molar-refractivity contribution in [3.8, 4) is 5.69 Å². The third-order valence-corrected chi connectivity index (χ3v) is 4.54. The lowest BCUT2D eigenvalue weighted by Crippen LogP contribution is -2.27. The van der Waals surface area contributed by atoms with Gasteiger partial charge >= 0.3 is 0 Å². The molecule has 0 saturated heterocycles. The molecule has 0 fully saturated rings. The number of amides is 1. The SMILES string of the molecule is O=C(CSc1nncn1-c1cccc(Cl)c1)NCCc1ccccn1. The largest absolute Gasteiger partial charge is 0.355 e. The van der Waals surface area contributed by atoms with Crippen LogP contribution in [0.3, 0.4) is 0 Å². The van der Waals surface area contributed by atoms with Crippen LogP contribution in [0.25, 0.3) is 5.69 Å². The molecule has 3 rings (SSSR count). The van der Waals surface area contributed by atoms with E-state index >= 15 is 0 Å². The normalized spacial score (nSPS) is 10.6. The Kier molecular flexibility index (Phi) is 6.03. The molecule has 0 bridgehead atoms. The van der Waals surface area contributed by atoms with Gasteiger partial charge in [0.25, 0.3) is 0 Å². The fourth-order valence-corrected chi connectivity index (χ4v) is 3.13. The molecule has 0 saturated carbocycles. The Morgan fingerprint density at radius 3 is 2.96 bits per heavy atom. The zero-order valence-corrected chi connectivity index (χ0v) is 14.9. The number of carbonyl (C=O) groups excluding carboxylic acids is 1. The Morgan fingerprint density at radius 2 is 2.16 bits per heavy atom. The van der Waals surface area contributed by atoms with Gasteiger partial charge in [-0.1, -0.05) is 35.5 Å². The van der Waals surface area contributed by atoms with Crippen LogP contribution in [0.2, 0.25) is 5.02 Å². The van der Waals surface area contributed by atoms with Crippen LogP contribution < -0.4 is 5.32 Å². The molecule has 1 aromatic carbocycles. The number of halogens is 1. The second-order valence-corrected chi connectivity index (χ2v) is 6.55. The Labute approximate surface area is 154 Å². The fourth-order valence-electron chi connectivity index (χ4n) is 2.18. The lowest BCUT2D eigenvalue weighted by molar-refractivity contribution is -0.118. The molecule has 25 heavy (non-hydrogen) atoms. The molecule has 0 aliphatic heterocycles. The monoisotopic (exact) mass is 373 g/mol. The molecule has 1 amide bonds. The van der Waals surface area contributed by atoms with Crippen LogP contribution in [0.1, 0.15) is 5.69 Å². The predicted octanol–water partition coefficient (Wildman–Crippen LogP) is 2.77. The maximum absolute atomic E-state index is 12.0. The van der Waals surface area contributed by atoms with E-state index in [0.29, 0.717) is 23.1 Å². The third-order valence-electron chi connectivity index (χ3n) is 3.36. The van der Waals surface area contributed by atoms with Crippen molar-refractivity contribution in [3.63, 3.8) is 0 Å². The van der Waals surface area contributed by atoms with E-state index in [1.54, 1.807) is 23.2 Å². The Hall–Kier alpha value is -2.38. The number of carbonyl (C=O) groups is 1. The van der Waals surface area contributed by atoms with Crippen molar-refractivity contribution >= 4 is 29.3 Å². The van der Waals surface area contributed by atoms with Crippen LogP contribution in [0.15, 0.2) is 60.1 Å². The topological polar surface area (TPSA) is 72.7 Å². The predicted molar refractivity (Wildman–Crippen MR) is 98.0 cm³/mol. The van der Waals surface area contributed by atoms with E-state index in [1.165, 1.54) is 11.8 Å².